The number of aromatic nitrogens is 4. The topological polar surface area (TPSA) is 92.0 Å². The van der Waals surface area contributed by atoms with Crippen LogP contribution in [0.3, 0.4) is 0 Å². The van der Waals surface area contributed by atoms with Gasteiger partial charge in [0.25, 0.3) is 12.0 Å². The molecule has 4 aliphatic heterocycles. The minimum Gasteiger partial charge on any atom is -0.508 e. The van der Waals surface area contributed by atoms with Crippen LogP contribution in [0.4, 0.5) is 32.2 Å². The van der Waals surface area contributed by atoms with Gasteiger partial charge in [-0.25, -0.2) is 17.6 Å². The lowest BCUT2D eigenvalue weighted by Gasteiger charge is -2.44. The van der Waals surface area contributed by atoms with Gasteiger partial charge in [0.1, 0.15) is 35.0 Å². The molecule has 4 saturated heterocycles. The van der Waals surface area contributed by atoms with Crippen LogP contribution in [0, 0.1) is 35.3 Å². The Morgan fingerprint density at radius 3 is 2.47 bits per heavy atom. The van der Waals surface area contributed by atoms with Gasteiger partial charge in [-0.05, 0) is 48.4 Å². The van der Waals surface area contributed by atoms with Gasteiger partial charge in [0.15, 0.2) is 5.82 Å². The van der Waals surface area contributed by atoms with Gasteiger partial charge in [-0.2, -0.15) is 23.8 Å². The summed E-state index contributed by atoms with van der Waals surface area (Å²) < 4.78 is 103. The van der Waals surface area contributed by atoms with Crippen LogP contribution >= 0.6 is 0 Å². The monoisotopic (exact) mass is 803 g/mol. The number of rotatable bonds is 9. The first-order valence-corrected chi connectivity index (χ1v) is 19.5. The van der Waals surface area contributed by atoms with E-state index in [0.29, 0.717) is 27.9 Å². The maximum Gasteiger partial charge on any atom is 0.319 e. The third-order valence-electron chi connectivity index (χ3n) is 12.7. The lowest BCUT2D eigenvalue weighted by atomic mass is 9.91. The minimum atomic E-state index is -3.13. The first kappa shape index (κ1) is 37.2. The van der Waals surface area contributed by atoms with Gasteiger partial charge in [0.05, 0.1) is 29.6 Å². The molecular weight excluding hydrogens is 764 g/mol. The van der Waals surface area contributed by atoms with Crippen molar-refractivity contribution < 1.29 is 40.9 Å². The van der Waals surface area contributed by atoms with Crippen LogP contribution in [0.5, 0.6) is 11.8 Å². The number of phenolic OH excluding ortho intramolecular Hbond substituents is 1. The Morgan fingerprint density at radius 1 is 1.05 bits per heavy atom. The zero-order chi connectivity index (χ0) is 40.2. The van der Waals surface area contributed by atoms with Crippen LogP contribution in [0.15, 0.2) is 42.1 Å². The van der Waals surface area contributed by atoms with Gasteiger partial charge in [0.2, 0.25) is 0 Å². The third-order valence-corrected chi connectivity index (χ3v) is 12.7. The average Bonchev–Trinajstić information content (AvgIpc) is 3.58. The number of piperazine rings is 1. The first-order chi connectivity index (χ1) is 27.8. The van der Waals surface area contributed by atoms with E-state index >= 15 is 17.6 Å². The van der Waals surface area contributed by atoms with Crippen LogP contribution in [-0.4, -0.2) is 112 Å². The quantitative estimate of drug-likeness (QED) is 0.127. The molecule has 5 fully saturated rings. The highest BCUT2D eigenvalue weighted by Crippen LogP contribution is 2.61. The molecule has 10 rings (SSSR count). The zero-order valence-corrected chi connectivity index (χ0v) is 31.6. The molecule has 0 radical (unpaired) electrons. The molecule has 58 heavy (non-hydrogen) atoms. The summed E-state index contributed by atoms with van der Waals surface area (Å²) in [4.78, 5) is 15.7. The maximum atomic E-state index is 17.8. The van der Waals surface area contributed by atoms with Crippen molar-refractivity contribution in [1.82, 2.24) is 29.5 Å². The molecule has 3 aromatic carbocycles. The van der Waals surface area contributed by atoms with Crippen LogP contribution in [0.25, 0.3) is 43.7 Å². The van der Waals surface area contributed by atoms with E-state index in [1.807, 2.05) is 0 Å². The second kappa shape index (κ2) is 13.5. The number of phenols is 1. The van der Waals surface area contributed by atoms with Crippen LogP contribution < -0.4 is 9.64 Å². The van der Waals surface area contributed by atoms with E-state index in [1.165, 1.54) is 28.9 Å². The van der Waals surface area contributed by atoms with E-state index in [9.17, 15) is 13.9 Å². The van der Waals surface area contributed by atoms with Crippen molar-refractivity contribution >= 4 is 38.4 Å². The van der Waals surface area contributed by atoms with Crippen molar-refractivity contribution in [2.75, 3.05) is 64.0 Å². The second-order valence-corrected chi connectivity index (χ2v) is 16.7. The highest BCUT2D eigenvalue weighted by Gasteiger charge is 2.72. The summed E-state index contributed by atoms with van der Waals surface area (Å²) in [5, 5.41) is 16.9. The van der Waals surface area contributed by atoms with Crippen LogP contribution in [-0.2, 0) is 11.8 Å². The fourth-order valence-corrected chi connectivity index (χ4v) is 9.81. The Bertz CT molecular complexity index is 2590. The highest BCUT2D eigenvalue weighted by molar-refractivity contribution is 6.18. The van der Waals surface area contributed by atoms with Crippen molar-refractivity contribution in [3.05, 3.63) is 59.3 Å². The molecule has 1 saturated carbocycles. The lowest BCUT2D eigenvalue weighted by molar-refractivity contribution is -0.0484. The summed E-state index contributed by atoms with van der Waals surface area (Å²) in [6, 6.07) is 5.00. The summed E-state index contributed by atoms with van der Waals surface area (Å²) in [7, 11) is 1.68. The van der Waals surface area contributed by atoms with Gasteiger partial charge >= 0.3 is 6.01 Å². The molecular formula is C42H39F6N7O3. The van der Waals surface area contributed by atoms with E-state index in [4.69, 9.17) is 20.9 Å². The molecule has 2 bridgehead atoms. The summed E-state index contributed by atoms with van der Waals surface area (Å²) in [5.41, 5.74) is -1.87. The molecule has 10 nitrogen and oxygen atoms in total. The lowest BCUT2D eigenvalue weighted by Crippen LogP contribution is -2.56. The molecule has 302 valence electrons. The summed E-state index contributed by atoms with van der Waals surface area (Å²) in [6.07, 6.45) is 7.00. The normalized spacial score (nSPS) is 24.6. The fraction of sp³-hybridized carbons (Fsp3) is 0.452. The number of benzene rings is 3. The van der Waals surface area contributed by atoms with Gasteiger partial charge in [-0.15, -0.1) is 6.42 Å². The van der Waals surface area contributed by atoms with Crippen LogP contribution in [0.2, 0.25) is 0 Å². The predicted octanol–water partition coefficient (Wildman–Crippen LogP) is 6.86. The molecule has 6 heterocycles. The largest absolute Gasteiger partial charge is 0.508 e. The van der Waals surface area contributed by atoms with E-state index in [2.05, 4.69) is 25.8 Å². The van der Waals surface area contributed by atoms with Crippen LogP contribution in [0.1, 0.15) is 31.2 Å². The predicted molar refractivity (Wildman–Crippen MR) is 204 cm³/mol. The number of likely N-dealkylation sites (tertiary alicyclic amines) is 2. The Balaban J connectivity index is 1.13. The van der Waals surface area contributed by atoms with Crippen molar-refractivity contribution in [3.63, 3.8) is 0 Å². The van der Waals surface area contributed by atoms with Gasteiger partial charge in [-0.3, -0.25) is 14.5 Å². The second-order valence-electron chi connectivity index (χ2n) is 16.7. The number of aryl methyl sites for hydroxylation is 1. The average molecular weight is 804 g/mol. The Kier molecular flexibility index (Phi) is 8.63. The molecule has 2 aromatic heterocycles. The number of halogens is 6. The number of alkyl halides is 2. The molecule has 1 aliphatic carbocycles. The Hall–Kier alpha value is -5.11. The number of ether oxygens (including phenoxy) is 2. The third kappa shape index (κ3) is 5.95. The molecule has 5 aromatic rings. The number of aromatic hydroxyl groups is 1. The molecule has 0 spiro atoms. The van der Waals surface area contributed by atoms with E-state index < -0.39 is 42.1 Å². The zero-order valence-electron chi connectivity index (χ0n) is 31.6. The number of fused-ring (bicyclic) bond motifs is 6. The van der Waals surface area contributed by atoms with Crippen molar-refractivity contribution in [3.8, 4) is 35.2 Å². The van der Waals surface area contributed by atoms with Crippen molar-refractivity contribution in [2.24, 2.45) is 18.4 Å². The smallest absolute Gasteiger partial charge is 0.319 e. The molecule has 2 unspecified atom stereocenters. The maximum absolute atomic E-state index is 17.8. The van der Waals surface area contributed by atoms with Gasteiger partial charge in [0, 0.05) is 98.8 Å². The highest BCUT2D eigenvalue weighted by atomic mass is 19.3. The SMILES string of the molecule is C#Cc1c(F)ccc2cc(O)cc(-c3c(F)c4nc(OC[C@]5(CN6CCC(=C(F)F)C6)CC5(F)F)nc(N5C6CCC5CN(CC5COC5)C6)c4c4cn(C)nc34)c12. The molecule has 1 N–H and O–H groups in total. The molecule has 5 aliphatic rings. The summed E-state index contributed by atoms with van der Waals surface area (Å²) in [6.45, 7) is 3.19. The van der Waals surface area contributed by atoms with E-state index in [-0.39, 0.29) is 88.6 Å². The fourth-order valence-electron chi connectivity index (χ4n) is 9.81. The van der Waals surface area contributed by atoms with Gasteiger partial charge < -0.3 is 19.5 Å². The number of nitrogens with zero attached hydrogens (tertiary/aromatic N) is 7. The number of terminal acetylenes is 1. The Labute approximate surface area is 329 Å². The number of hydrogen-bond donors (Lipinski definition) is 1. The Morgan fingerprint density at radius 2 is 1.81 bits per heavy atom. The standard InChI is InChI=1S/C42H39F6N7O3/c1-3-28-31(43)7-4-23-10-27(56)11-29(32(23)28)33-35(44)37-34(30-16-52(2)51-36(30)33)39(55-25-5-6-26(55)15-54(14-25)12-22-17-57-18-22)50-40(49-37)58-21-41(19-42(41,47)48)20-53-9-8-24(13-53)38(45)46/h1,4,7,10-11,16,22,25-26,56H,5-6,8-9,12-15,17-21H2,2H3/t25?,26?,41-/m1/s1. The van der Waals surface area contributed by atoms with E-state index in [0.717, 1.165) is 45.7 Å². The molecule has 3 atom stereocenters. The van der Waals surface area contributed by atoms with E-state index in [1.54, 1.807) is 18.1 Å². The molecule has 0 amide bonds. The minimum absolute atomic E-state index is 0.0104. The molecule has 16 heteroatoms. The number of hydrogen-bond acceptors (Lipinski definition) is 9. The van der Waals surface area contributed by atoms with Crippen molar-refractivity contribution in [1.29, 1.82) is 0 Å². The first-order valence-electron chi connectivity index (χ1n) is 19.5. The summed E-state index contributed by atoms with van der Waals surface area (Å²) >= 11 is 0. The number of anilines is 1. The summed E-state index contributed by atoms with van der Waals surface area (Å²) in [5.74, 6) is -1.71. The van der Waals surface area contributed by atoms with Crippen molar-refractivity contribution in [2.45, 2.75) is 43.7 Å². The van der Waals surface area contributed by atoms with Gasteiger partial charge in [-0.1, -0.05) is 12.0 Å².